The zero-order valence-electron chi connectivity index (χ0n) is 12.6. The van der Waals surface area contributed by atoms with Crippen molar-refractivity contribution in [1.82, 2.24) is 14.9 Å². The Hall–Kier alpha value is -1.76. The lowest BCUT2D eigenvalue weighted by Gasteiger charge is -2.11. The molecule has 0 aliphatic heterocycles. The summed E-state index contributed by atoms with van der Waals surface area (Å²) in [5.74, 6) is 6.30. The minimum atomic E-state index is -0.266. The molecule has 124 valence electrons. The topological polar surface area (TPSA) is 56.7 Å². The van der Waals surface area contributed by atoms with Crippen molar-refractivity contribution >= 4 is 35.0 Å². The third-order valence-corrected chi connectivity index (χ3v) is 5.12. The molecule has 8 heteroatoms. The van der Waals surface area contributed by atoms with Crippen LogP contribution in [0.4, 0.5) is 4.39 Å². The van der Waals surface area contributed by atoms with E-state index in [2.05, 4.69) is 10.2 Å². The van der Waals surface area contributed by atoms with Crippen molar-refractivity contribution in [3.63, 3.8) is 0 Å². The fourth-order valence-electron chi connectivity index (χ4n) is 2.17. The lowest BCUT2D eigenvalue weighted by Crippen LogP contribution is -2.12. The van der Waals surface area contributed by atoms with Crippen molar-refractivity contribution in [2.75, 3.05) is 5.84 Å². The quantitative estimate of drug-likeness (QED) is 0.511. The summed E-state index contributed by atoms with van der Waals surface area (Å²) >= 11 is 13.5. The summed E-state index contributed by atoms with van der Waals surface area (Å²) < 4.78 is 14.4. The Morgan fingerprint density at radius 1 is 1.12 bits per heavy atom. The van der Waals surface area contributed by atoms with E-state index in [0.29, 0.717) is 26.6 Å². The van der Waals surface area contributed by atoms with E-state index in [9.17, 15) is 4.39 Å². The van der Waals surface area contributed by atoms with Crippen LogP contribution in [0.25, 0.3) is 11.4 Å². The number of rotatable bonds is 4. The predicted octanol–water partition coefficient (Wildman–Crippen LogP) is 4.96. The Balaban J connectivity index is 1.86. The maximum absolute atomic E-state index is 13.0. The van der Waals surface area contributed by atoms with Gasteiger partial charge in [-0.15, -0.1) is 10.2 Å². The molecule has 0 spiro atoms. The minimum Gasteiger partial charge on any atom is -0.335 e. The van der Waals surface area contributed by atoms with Gasteiger partial charge in [0.1, 0.15) is 5.82 Å². The summed E-state index contributed by atoms with van der Waals surface area (Å²) in [7, 11) is 0. The minimum absolute atomic E-state index is 0.0330. The molecule has 2 aromatic carbocycles. The fraction of sp³-hybridized carbons (Fsp3) is 0.125. The first-order valence-corrected chi connectivity index (χ1v) is 8.67. The summed E-state index contributed by atoms with van der Waals surface area (Å²) in [6.45, 7) is 1.99. The Morgan fingerprint density at radius 3 is 2.50 bits per heavy atom. The van der Waals surface area contributed by atoms with Crippen LogP contribution >= 0.6 is 35.0 Å². The molecule has 1 atom stereocenters. The summed E-state index contributed by atoms with van der Waals surface area (Å²) in [6.07, 6.45) is 0. The standard InChI is InChI=1S/C16H13Cl2FN4S/c1-9(10-2-5-12(19)6-3-10)24-16-22-21-15(23(16)20)13-7-4-11(17)8-14(13)18/h2-9H,20H2,1H3. The molecule has 0 radical (unpaired) electrons. The van der Waals surface area contributed by atoms with Gasteiger partial charge in [-0.2, -0.15) is 0 Å². The molecule has 0 aliphatic carbocycles. The van der Waals surface area contributed by atoms with E-state index in [1.54, 1.807) is 30.3 Å². The van der Waals surface area contributed by atoms with Crippen molar-refractivity contribution in [1.29, 1.82) is 0 Å². The Kier molecular flexibility index (Phi) is 4.99. The molecule has 0 bridgehead atoms. The van der Waals surface area contributed by atoms with Crippen molar-refractivity contribution in [3.05, 3.63) is 63.9 Å². The van der Waals surface area contributed by atoms with Crippen LogP contribution < -0.4 is 5.84 Å². The smallest absolute Gasteiger partial charge is 0.210 e. The average molecular weight is 383 g/mol. The van der Waals surface area contributed by atoms with E-state index in [4.69, 9.17) is 29.0 Å². The zero-order valence-corrected chi connectivity index (χ0v) is 14.9. The van der Waals surface area contributed by atoms with Crippen LogP contribution in [0.2, 0.25) is 10.0 Å². The van der Waals surface area contributed by atoms with Gasteiger partial charge in [-0.25, -0.2) is 9.07 Å². The van der Waals surface area contributed by atoms with Crippen LogP contribution in [-0.2, 0) is 0 Å². The number of aromatic nitrogens is 3. The lowest BCUT2D eigenvalue weighted by molar-refractivity contribution is 0.627. The Labute approximate surface area is 152 Å². The van der Waals surface area contributed by atoms with Gasteiger partial charge in [-0.05, 0) is 42.8 Å². The van der Waals surface area contributed by atoms with Crippen molar-refractivity contribution in [3.8, 4) is 11.4 Å². The monoisotopic (exact) mass is 382 g/mol. The van der Waals surface area contributed by atoms with Crippen LogP contribution in [0.3, 0.4) is 0 Å². The molecule has 3 aromatic rings. The van der Waals surface area contributed by atoms with Crippen LogP contribution in [0, 0.1) is 5.82 Å². The number of nitrogens with zero attached hydrogens (tertiary/aromatic N) is 3. The highest BCUT2D eigenvalue weighted by Crippen LogP contribution is 2.35. The van der Waals surface area contributed by atoms with Gasteiger partial charge < -0.3 is 5.84 Å². The highest BCUT2D eigenvalue weighted by atomic mass is 35.5. The number of thioether (sulfide) groups is 1. The van der Waals surface area contributed by atoms with Crippen molar-refractivity contribution < 1.29 is 4.39 Å². The Morgan fingerprint density at radius 2 is 1.83 bits per heavy atom. The molecule has 4 nitrogen and oxygen atoms in total. The third kappa shape index (κ3) is 3.50. The summed E-state index contributed by atoms with van der Waals surface area (Å²) in [5.41, 5.74) is 1.62. The molecule has 3 rings (SSSR count). The number of hydrogen-bond donors (Lipinski definition) is 1. The number of benzene rings is 2. The summed E-state index contributed by atoms with van der Waals surface area (Å²) in [5, 5.41) is 9.79. The zero-order chi connectivity index (χ0) is 17.3. The molecule has 0 saturated carbocycles. The molecule has 24 heavy (non-hydrogen) atoms. The lowest BCUT2D eigenvalue weighted by atomic mass is 10.2. The number of nitrogen functional groups attached to an aromatic ring is 1. The highest BCUT2D eigenvalue weighted by Gasteiger charge is 2.18. The summed E-state index contributed by atoms with van der Waals surface area (Å²) in [4.78, 5) is 0. The van der Waals surface area contributed by atoms with E-state index in [-0.39, 0.29) is 11.1 Å². The second kappa shape index (κ2) is 7.01. The fourth-order valence-corrected chi connectivity index (χ4v) is 3.56. The van der Waals surface area contributed by atoms with E-state index < -0.39 is 0 Å². The van der Waals surface area contributed by atoms with Crippen molar-refractivity contribution in [2.24, 2.45) is 0 Å². The van der Waals surface area contributed by atoms with Crippen LogP contribution in [0.5, 0.6) is 0 Å². The molecule has 1 unspecified atom stereocenters. The highest BCUT2D eigenvalue weighted by molar-refractivity contribution is 7.99. The second-order valence-electron chi connectivity index (χ2n) is 5.11. The predicted molar refractivity (Wildman–Crippen MR) is 96.3 cm³/mol. The van der Waals surface area contributed by atoms with Gasteiger partial charge >= 0.3 is 0 Å². The van der Waals surface area contributed by atoms with Crippen molar-refractivity contribution in [2.45, 2.75) is 17.3 Å². The van der Waals surface area contributed by atoms with Gasteiger partial charge in [-0.1, -0.05) is 47.1 Å². The van der Waals surface area contributed by atoms with Crippen LogP contribution in [0.1, 0.15) is 17.7 Å². The SMILES string of the molecule is CC(Sc1nnc(-c2ccc(Cl)cc2Cl)n1N)c1ccc(F)cc1. The Bertz CT molecular complexity index is 867. The number of hydrogen-bond acceptors (Lipinski definition) is 4. The molecule has 0 aliphatic rings. The molecular formula is C16H13Cl2FN4S. The maximum atomic E-state index is 13.0. The van der Waals surface area contributed by atoms with E-state index in [1.807, 2.05) is 6.92 Å². The summed E-state index contributed by atoms with van der Waals surface area (Å²) in [6, 6.07) is 11.4. The van der Waals surface area contributed by atoms with Gasteiger partial charge in [0.05, 0.1) is 5.02 Å². The second-order valence-corrected chi connectivity index (χ2v) is 7.26. The van der Waals surface area contributed by atoms with E-state index in [0.717, 1.165) is 5.56 Å². The van der Waals surface area contributed by atoms with E-state index >= 15 is 0 Å². The van der Waals surface area contributed by atoms with Gasteiger partial charge in [0, 0.05) is 15.8 Å². The van der Waals surface area contributed by atoms with Gasteiger partial charge in [0.15, 0.2) is 5.82 Å². The molecule has 0 saturated heterocycles. The maximum Gasteiger partial charge on any atom is 0.210 e. The van der Waals surface area contributed by atoms with Gasteiger partial charge in [0.25, 0.3) is 0 Å². The molecule has 0 fully saturated rings. The van der Waals surface area contributed by atoms with Crippen LogP contribution in [-0.4, -0.2) is 14.9 Å². The molecule has 0 amide bonds. The average Bonchev–Trinajstić information content (AvgIpc) is 2.89. The number of halogens is 3. The normalized spacial score (nSPS) is 12.3. The first kappa shape index (κ1) is 17.1. The largest absolute Gasteiger partial charge is 0.335 e. The molecule has 1 aromatic heterocycles. The number of nitrogens with two attached hydrogens (primary N) is 1. The van der Waals surface area contributed by atoms with Crippen LogP contribution in [0.15, 0.2) is 47.6 Å². The van der Waals surface area contributed by atoms with E-state index in [1.165, 1.54) is 28.6 Å². The first-order chi connectivity index (χ1) is 11.5. The molecule has 1 heterocycles. The van der Waals surface area contributed by atoms with Gasteiger partial charge in [-0.3, -0.25) is 0 Å². The molecular weight excluding hydrogens is 370 g/mol. The van der Waals surface area contributed by atoms with Gasteiger partial charge in [0.2, 0.25) is 5.16 Å². The first-order valence-electron chi connectivity index (χ1n) is 7.03. The third-order valence-electron chi connectivity index (χ3n) is 3.46. The molecule has 2 N–H and O–H groups in total.